The molecule has 6 rings (SSSR count). The van der Waals surface area contributed by atoms with Gasteiger partial charge in [0.05, 0.1) is 25.4 Å². The molecule has 4 fully saturated rings. The number of carbonyl (C=O) groups is 3. The number of pyridine rings is 1. The second-order valence-corrected chi connectivity index (χ2v) is 54.1. The smallest absolute Gasteiger partial charge is 0.305 e. The van der Waals surface area contributed by atoms with E-state index >= 15 is 0 Å². The number of benzene rings is 1. The maximum atomic E-state index is 11.4. The lowest BCUT2D eigenvalue weighted by Gasteiger charge is -2.28. The first-order valence-corrected chi connectivity index (χ1v) is 62.6. The second-order valence-electron chi connectivity index (χ2n) is 50.7. The van der Waals surface area contributed by atoms with Gasteiger partial charge in [-0.25, -0.2) is 8.78 Å². The van der Waals surface area contributed by atoms with Crippen LogP contribution >= 0.6 is 23.5 Å². The molecule has 0 atom stereocenters. The summed E-state index contributed by atoms with van der Waals surface area (Å²) >= 11 is 3.98. The van der Waals surface area contributed by atoms with E-state index in [2.05, 4.69) is 376 Å². The number of hydrogen-bond donors (Lipinski definition) is 0. The Morgan fingerprint density at radius 2 is 0.803 bits per heavy atom. The Labute approximate surface area is 934 Å². The molecule has 2 aromatic rings. The third-order valence-corrected chi connectivity index (χ3v) is 30.8. The lowest BCUT2D eigenvalue weighted by atomic mass is 9.78. The van der Waals surface area contributed by atoms with Crippen molar-refractivity contribution in [1.29, 1.82) is 0 Å². The van der Waals surface area contributed by atoms with E-state index in [1.165, 1.54) is 172 Å². The third kappa shape index (κ3) is 141. The lowest BCUT2D eigenvalue weighted by molar-refractivity contribution is -0.141. The Balaban J connectivity index is -0.000000132. The molecule has 0 N–H and O–H groups in total. The fourth-order valence-electron chi connectivity index (χ4n) is 13.0. The van der Waals surface area contributed by atoms with Gasteiger partial charge in [0.1, 0.15) is 0 Å². The van der Waals surface area contributed by atoms with Gasteiger partial charge in [0.25, 0.3) is 0 Å². The number of alkyl halides is 2. The van der Waals surface area contributed by atoms with E-state index in [-0.39, 0.29) is 35.5 Å². The van der Waals surface area contributed by atoms with E-state index in [1.807, 2.05) is 68.8 Å². The van der Waals surface area contributed by atoms with E-state index in [4.69, 9.17) is 14.2 Å². The van der Waals surface area contributed by atoms with E-state index in [0.717, 1.165) is 147 Å². The van der Waals surface area contributed by atoms with Crippen molar-refractivity contribution in [2.45, 2.75) is 585 Å². The number of hydrogen-bond acceptors (Lipinski definition) is 11. The molecule has 1 aliphatic heterocycles. The quantitative estimate of drug-likeness (QED) is 0.0468. The van der Waals surface area contributed by atoms with Crippen molar-refractivity contribution in [3.8, 4) is 0 Å². The first-order valence-electron chi connectivity index (χ1n) is 60.4. The minimum atomic E-state index is -2.11. The van der Waals surface area contributed by atoms with Crippen LogP contribution in [0, 0.1) is 124 Å². The predicted octanol–water partition coefficient (Wildman–Crippen LogP) is 43.7. The van der Waals surface area contributed by atoms with Crippen molar-refractivity contribution in [1.82, 2.24) is 9.88 Å². The summed E-state index contributed by atoms with van der Waals surface area (Å²) in [4.78, 5) is 37.8. The summed E-state index contributed by atoms with van der Waals surface area (Å²) in [5, 5.41) is 0. The van der Waals surface area contributed by atoms with Crippen molar-refractivity contribution in [2.24, 2.45) is 124 Å². The van der Waals surface area contributed by atoms with Gasteiger partial charge in [0.2, 0.25) is 12.3 Å². The normalized spacial score (nSPS) is 13.4. The molecule has 1 aromatic heterocycles. The topological polar surface area (TPSA) is 113 Å². The van der Waals surface area contributed by atoms with Gasteiger partial charge in [-0.3, -0.25) is 19.4 Å². The van der Waals surface area contributed by atoms with Crippen LogP contribution in [0.25, 0.3) is 0 Å². The highest BCUT2D eigenvalue weighted by Crippen LogP contribution is 2.37. The summed E-state index contributed by atoms with van der Waals surface area (Å²) in [5.74, 6) is 19.3. The van der Waals surface area contributed by atoms with Crippen LogP contribution in [0.4, 0.5) is 8.78 Å². The highest BCUT2D eigenvalue weighted by molar-refractivity contribution is 8.00. The molecular formula is C133H272F2N2O8S2. The van der Waals surface area contributed by atoms with Crippen LogP contribution in [-0.4, -0.2) is 122 Å². The van der Waals surface area contributed by atoms with E-state index in [9.17, 15) is 23.2 Å². The molecule has 1 aromatic carbocycles. The minimum absolute atomic E-state index is 0.0417. The van der Waals surface area contributed by atoms with Crippen LogP contribution in [0.1, 0.15) is 562 Å². The Bertz CT molecular complexity index is 2840. The summed E-state index contributed by atoms with van der Waals surface area (Å²) in [6.45, 7) is 113. The van der Waals surface area contributed by atoms with Gasteiger partial charge in [0.15, 0.2) is 0 Å². The van der Waals surface area contributed by atoms with Gasteiger partial charge in [-0.15, -0.1) is 0 Å². The van der Waals surface area contributed by atoms with Crippen LogP contribution in [0.3, 0.4) is 0 Å². The number of esters is 2. The fourth-order valence-corrected chi connectivity index (χ4v) is 14.6. The number of carbonyl (C=O) groups excluding carboxylic acids is 3. The van der Waals surface area contributed by atoms with Crippen molar-refractivity contribution in [3.05, 3.63) is 66.0 Å². The van der Waals surface area contributed by atoms with Gasteiger partial charge in [-0.05, 0) is 258 Å². The van der Waals surface area contributed by atoms with Crippen LogP contribution in [-0.2, 0) is 44.5 Å². The summed E-state index contributed by atoms with van der Waals surface area (Å²) in [5.41, 5.74) is 2.84. The minimum Gasteiger partial charge on any atom is -0.469 e. The van der Waals surface area contributed by atoms with Gasteiger partial charge >= 0.3 is 11.9 Å². The molecule has 2 heterocycles. The Morgan fingerprint density at radius 3 is 1.01 bits per heavy atom. The molecule has 0 unspecified atom stereocenters. The zero-order chi connectivity index (χ0) is 117. The maximum Gasteiger partial charge on any atom is 0.305 e. The third-order valence-electron chi connectivity index (χ3n) is 27.7. The molecule has 1 amide bonds. The second kappa shape index (κ2) is 111. The van der Waals surface area contributed by atoms with Crippen molar-refractivity contribution in [3.63, 3.8) is 0 Å². The molecule has 1 saturated heterocycles. The van der Waals surface area contributed by atoms with Crippen LogP contribution < -0.4 is 0 Å². The SMILES string of the molecule is CC(C)C1CC1.CC(C)C1CCC1.CC(C)C1CCCC1.CC(C)CC1CCOCC1.CC(C)CCC(=O)N(C)C.CC(C)CCC(F)F.CC(C)Cc1cccnc1.CC(C)c1ccccc1.CCC(C)C.CCCC(C)C.CCCC(C)C.CCCCCC(C)C.CCOC(C)(C)C(C)C.CCSC(C)(C)C(C)C.COC(=O)CCC(C)C.COC(=O)CCCCC(C)C.COC(C)(C)C(C)C.CSC(C)(C)C(C)C. The number of halogens is 2. The lowest BCUT2D eigenvalue weighted by Crippen LogP contribution is -2.30. The van der Waals surface area contributed by atoms with Gasteiger partial charge < -0.3 is 28.6 Å². The molecule has 0 bridgehead atoms. The van der Waals surface area contributed by atoms with Crippen LogP contribution in [0.5, 0.6) is 0 Å². The molecule has 0 radical (unpaired) electrons. The first kappa shape index (κ1) is 169. The largest absolute Gasteiger partial charge is 0.469 e. The molecule has 147 heavy (non-hydrogen) atoms. The number of methoxy groups -OCH3 is 3. The van der Waals surface area contributed by atoms with E-state index in [0.29, 0.717) is 70.7 Å². The number of nitrogens with zero attached hydrogens (tertiary/aromatic N) is 2. The average molecular weight is 2130 g/mol. The van der Waals surface area contributed by atoms with Crippen molar-refractivity contribution < 1.29 is 46.8 Å². The number of thioether (sulfide) groups is 2. The first-order chi connectivity index (χ1) is 67.9. The van der Waals surface area contributed by atoms with E-state index < -0.39 is 6.43 Å². The highest BCUT2D eigenvalue weighted by atomic mass is 32.2. The Hall–Kier alpha value is -2.78. The zero-order valence-corrected chi connectivity index (χ0v) is 112. The molecular weight excluding hydrogens is 1860 g/mol. The standard InChI is InChI=1S/C9H13N.C9H18O2.C9H18O.C9H12.C8H17NO.C8H18O.C8H18S.C8H16.C8H18.C7H14O2.C7H16O.C7H16S.C7H14.C6H12F2.C6H12.2C6H14.C5H12/c1-8(2)6-9-4-3-5-10-7-9;1-8(2)6-4-5-7-9(10)11-3;1-8(2)7-9-3-5-10-6-4-9;1-8(2)9-6-4-3-5-7-9;1-7(2)5-6-8(10)9(3)4;2*1-6-9-8(4,5)7(2)3;1-7(2)8-5-3-4-6-8;1-4-5-6-7-8(2)3;1-6(2)4-5-7(8)9-3;2*1-6(2)7(3,4)8-5;1-6(2)7-4-3-5-7;1-5(2)3-4-6(7)8;1-5(2)6-3-4-6;2*1-4-5-6(2)3;1-4-5(2)3/h3-5,7-8H,6H2,1-2H3;8H,4-7H2,1-3H3;8-9H,3-7H2,1-2H3;3-8H,1-2H3;7H,5-6H2,1-4H3;2*7H,6H2,1-5H3;7-8H,3-6H2,1-2H3;8H,4-7H2,1-3H3;6H,4-5H2,1-3H3;2*6H,1-5H3;6-7H,3-5H2,1-2H3;5-6H,3-4H2,1-2H3;5-6H,3-4H2,1-2H3;2*6H,4-5H2,1-3H3;5H,4H2,1-3H3. The maximum absolute atomic E-state index is 11.4. The molecule has 3 saturated carbocycles. The molecule has 10 nitrogen and oxygen atoms in total. The number of ether oxygens (including phenoxy) is 5. The van der Waals surface area contributed by atoms with Gasteiger partial charge in [0, 0.05) is 88.6 Å². The summed E-state index contributed by atoms with van der Waals surface area (Å²) in [6.07, 6.45) is 42.4. The van der Waals surface area contributed by atoms with E-state index in [1.54, 1.807) is 26.1 Å². The highest BCUT2D eigenvalue weighted by Gasteiger charge is 2.26. The Morgan fingerprint density at radius 1 is 0.415 bits per heavy atom. The van der Waals surface area contributed by atoms with Crippen molar-refractivity contribution >= 4 is 41.4 Å². The number of rotatable bonds is 41. The van der Waals surface area contributed by atoms with Crippen LogP contribution in [0.15, 0.2) is 54.9 Å². The van der Waals surface area contributed by atoms with Crippen LogP contribution in [0.2, 0.25) is 0 Å². The molecule has 0 spiro atoms. The number of aromatic nitrogens is 1. The molecule has 3 aliphatic carbocycles. The Kier molecular flexibility index (Phi) is 128. The van der Waals surface area contributed by atoms with Crippen molar-refractivity contribution in [2.75, 3.05) is 67.3 Å². The summed E-state index contributed by atoms with van der Waals surface area (Å²) in [7, 11) is 8.19. The average Bonchev–Trinajstić information content (AvgIpc) is 1.03. The molecule has 4 aliphatic rings. The molecule has 14 heteroatoms. The summed E-state index contributed by atoms with van der Waals surface area (Å²) in [6, 6.07) is 14.6. The zero-order valence-electron chi connectivity index (χ0n) is 110. The number of amides is 1. The van der Waals surface area contributed by atoms with Gasteiger partial charge in [-0.1, -0.05) is 464 Å². The van der Waals surface area contributed by atoms with Gasteiger partial charge in [-0.2, -0.15) is 23.5 Å². The molecule has 888 valence electrons. The predicted molar refractivity (Wildman–Crippen MR) is 667 cm³/mol. The number of unbranched alkanes of at least 4 members (excludes halogenated alkanes) is 3. The fraction of sp³-hybridized carbons (Fsp3) is 0.895. The summed E-state index contributed by atoms with van der Waals surface area (Å²) < 4.78 is 48.7. The monoisotopic (exact) mass is 2130 g/mol.